The zero-order valence-corrected chi connectivity index (χ0v) is 21.9. The predicted octanol–water partition coefficient (Wildman–Crippen LogP) is 5.41. The molecule has 6 nitrogen and oxygen atoms in total. The van der Waals surface area contributed by atoms with Gasteiger partial charge in [-0.15, -0.1) is 0 Å². The summed E-state index contributed by atoms with van der Waals surface area (Å²) >= 11 is 0. The lowest BCUT2D eigenvalue weighted by atomic mass is 10.0. The van der Waals surface area contributed by atoms with Crippen LogP contribution in [0.3, 0.4) is 0 Å². The third-order valence-corrected chi connectivity index (χ3v) is 5.51. The lowest BCUT2D eigenvalue weighted by Gasteiger charge is -2.25. The van der Waals surface area contributed by atoms with Gasteiger partial charge in [0.2, 0.25) is 5.91 Å². The molecule has 2 amide bonds. The second-order valence-electron chi connectivity index (χ2n) is 9.54. The molecule has 0 saturated carbocycles. The van der Waals surface area contributed by atoms with Gasteiger partial charge in [0.1, 0.15) is 6.04 Å². The number of nitrogens with zero attached hydrogens (tertiary/aromatic N) is 1. The molecule has 0 fully saturated rings. The molecule has 0 aliphatic carbocycles. The van der Waals surface area contributed by atoms with Crippen LogP contribution in [0.5, 0.6) is 0 Å². The van der Waals surface area contributed by atoms with Crippen LogP contribution in [0.1, 0.15) is 46.1 Å². The summed E-state index contributed by atoms with van der Waals surface area (Å²) in [6.07, 6.45) is 6.24. The average molecular weight is 491 g/mol. The Bertz CT molecular complexity index is 1040. The number of esters is 1. The van der Waals surface area contributed by atoms with Crippen molar-refractivity contribution in [3.8, 4) is 0 Å². The highest BCUT2D eigenvalue weighted by molar-refractivity contribution is 6.06. The monoisotopic (exact) mass is 490 g/mol. The molecular weight excluding hydrogens is 452 g/mol. The number of rotatable bonds is 12. The largest absolute Gasteiger partial charge is 0.467 e. The van der Waals surface area contributed by atoms with Crippen molar-refractivity contribution in [3.63, 3.8) is 0 Å². The first kappa shape index (κ1) is 28.6. The van der Waals surface area contributed by atoms with Crippen LogP contribution < -0.4 is 10.2 Å². The van der Waals surface area contributed by atoms with Crippen molar-refractivity contribution in [2.45, 2.75) is 46.6 Å². The van der Waals surface area contributed by atoms with Crippen molar-refractivity contribution in [2.24, 2.45) is 11.8 Å². The van der Waals surface area contributed by atoms with E-state index in [-0.39, 0.29) is 24.3 Å². The molecule has 2 aromatic carbocycles. The van der Waals surface area contributed by atoms with Crippen molar-refractivity contribution in [1.82, 2.24) is 5.32 Å². The summed E-state index contributed by atoms with van der Waals surface area (Å²) in [5.74, 6) is -0.615. The van der Waals surface area contributed by atoms with Crippen LogP contribution in [-0.4, -0.2) is 37.5 Å². The fourth-order valence-corrected chi connectivity index (χ4v) is 3.58. The second kappa shape index (κ2) is 14.7. The number of amides is 2. The van der Waals surface area contributed by atoms with Crippen molar-refractivity contribution < 1.29 is 19.1 Å². The molecule has 0 spiro atoms. The van der Waals surface area contributed by atoms with Crippen LogP contribution in [-0.2, 0) is 19.1 Å². The Labute approximate surface area is 215 Å². The van der Waals surface area contributed by atoms with E-state index in [2.05, 4.69) is 19.2 Å². The van der Waals surface area contributed by atoms with E-state index >= 15 is 0 Å². The van der Waals surface area contributed by atoms with Crippen molar-refractivity contribution >= 4 is 29.5 Å². The van der Waals surface area contributed by atoms with Crippen LogP contribution in [0.15, 0.2) is 78.4 Å². The topological polar surface area (TPSA) is 75.7 Å². The molecule has 2 aromatic rings. The van der Waals surface area contributed by atoms with E-state index in [1.54, 1.807) is 11.0 Å². The fraction of sp³-hybridized carbons (Fsp3) is 0.367. The predicted molar refractivity (Wildman–Crippen MR) is 145 cm³/mol. The van der Waals surface area contributed by atoms with E-state index < -0.39 is 12.0 Å². The van der Waals surface area contributed by atoms with Crippen LogP contribution >= 0.6 is 0 Å². The summed E-state index contributed by atoms with van der Waals surface area (Å²) in [6.45, 7) is 8.14. The van der Waals surface area contributed by atoms with Crippen molar-refractivity contribution in [1.29, 1.82) is 0 Å². The number of nitrogens with one attached hydrogen (secondary N) is 1. The molecule has 2 rings (SSSR count). The Morgan fingerprint density at radius 1 is 0.917 bits per heavy atom. The smallest absolute Gasteiger partial charge is 0.328 e. The highest BCUT2D eigenvalue weighted by atomic mass is 16.5. The zero-order chi connectivity index (χ0) is 26.5. The van der Waals surface area contributed by atoms with Crippen molar-refractivity contribution in [3.05, 3.63) is 84.0 Å². The molecule has 0 saturated heterocycles. The number of para-hydroxylation sites is 1. The molecule has 0 bridgehead atoms. The van der Waals surface area contributed by atoms with Crippen LogP contribution in [0.25, 0.3) is 6.08 Å². The maximum Gasteiger partial charge on any atom is 0.328 e. The van der Waals surface area contributed by atoms with Crippen LogP contribution in [0.2, 0.25) is 0 Å². The Morgan fingerprint density at radius 2 is 1.53 bits per heavy atom. The molecular formula is C30H38N2O4. The number of ether oxygens (including phenoxy) is 1. The Morgan fingerprint density at radius 3 is 2.08 bits per heavy atom. The maximum atomic E-state index is 13.4. The average Bonchev–Trinajstić information content (AvgIpc) is 2.87. The summed E-state index contributed by atoms with van der Waals surface area (Å²) in [6, 6.07) is 18.1. The van der Waals surface area contributed by atoms with Gasteiger partial charge in [0.05, 0.1) is 13.7 Å². The fourth-order valence-electron chi connectivity index (χ4n) is 3.58. The van der Waals surface area contributed by atoms with Gasteiger partial charge in [0.25, 0.3) is 5.91 Å². The lowest BCUT2D eigenvalue weighted by molar-refractivity contribution is -0.145. The van der Waals surface area contributed by atoms with Gasteiger partial charge in [-0.25, -0.2) is 4.79 Å². The van der Waals surface area contributed by atoms with Gasteiger partial charge in [-0.2, -0.15) is 0 Å². The number of methoxy groups -OCH3 is 1. The SMILES string of the molecule is COC(=O)[C@H](CC(C)C)NC(=O)/C(=C\CC(C)C)CN(C(=O)/C=C/c1ccccc1)c1ccccc1. The van der Waals surface area contributed by atoms with Gasteiger partial charge in [-0.05, 0) is 48.4 Å². The second-order valence-corrected chi connectivity index (χ2v) is 9.54. The van der Waals surface area contributed by atoms with Gasteiger partial charge in [0.15, 0.2) is 0 Å². The number of carbonyl (C=O) groups is 3. The van der Waals surface area contributed by atoms with E-state index in [0.717, 1.165) is 5.56 Å². The van der Waals surface area contributed by atoms with E-state index in [9.17, 15) is 14.4 Å². The molecule has 0 heterocycles. The van der Waals surface area contributed by atoms with Crippen LogP contribution in [0.4, 0.5) is 5.69 Å². The highest BCUT2D eigenvalue weighted by Gasteiger charge is 2.26. The number of hydrogen-bond acceptors (Lipinski definition) is 4. The van der Waals surface area contributed by atoms with Crippen molar-refractivity contribution in [2.75, 3.05) is 18.6 Å². The summed E-state index contributed by atoms with van der Waals surface area (Å²) in [4.78, 5) is 40.6. The first-order chi connectivity index (χ1) is 17.2. The molecule has 0 aliphatic rings. The minimum absolute atomic E-state index is 0.0656. The van der Waals surface area contributed by atoms with Gasteiger partial charge in [-0.1, -0.05) is 82.3 Å². The number of anilines is 1. The summed E-state index contributed by atoms with van der Waals surface area (Å²) in [5, 5.41) is 2.84. The molecule has 0 aliphatic heterocycles. The van der Waals surface area contributed by atoms with E-state index in [0.29, 0.717) is 30.0 Å². The third-order valence-electron chi connectivity index (χ3n) is 5.51. The molecule has 0 aromatic heterocycles. The number of benzene rings is 2. The summed E-state index contributed by atoms with van der Waals surface area (Å²) < 4.78 is 4.91. The molecule has 0 unspecified atom stereocenters. The number of allylic oxidation sites excluding steroid dienone is 1. The number of hydrogen-bond donors (Lipinski definition) is 1. The molecule has 192 valence electrons. The quantitative estimate of drug-likeness (QED) is 0.319. The van der Waals surface area contributed by atoms with E-state index in [1.165, 1.54) is 13.2 Å². The molecule has 1 atom stereocenters. The Balaban J connectivity index is 2.36. The first-order valence-electron chi connectivity index (χ1n) is 12.4. The first-order valence-corrected chi connectivity index (χ1v) is 12.4. The normalized spacial score (nSPS) is 12.6. The zero-order valence-electron chi connectivity index (χ0n) is 21.9. The maximum absolute atomic E-state index is 13.4. The standard InChI is InChI=1S/C30H38N2O4/c1-22(2)16-18-25(29(34)31-27(20-23(3)4)30(35)36-5)21-32(26-14-10-7-11-15-26)28(33)19-17-24-12-8-6-9-13-24/h6-15,17-19,22-23,27H,16,20-21H2,1-5H3,(H,31,34)/b19-17+,25-18-/t27-/m0/s1. The summed E-state index contributed by atoms with van der Waals surface area (Å²) in [7, 11) is 1.31. The molecule has 1 N–H and O–H groups in total. The minimum Gasteiger partial charge on any atom is -0.467 e. The molecule has 36 heavy (non-hydrogen) atoms. The lowest BCUT2D eigenvalue weighted by Crippen LogP contribution is -2.45. The third kappa shape index (κ3) is 9.53. The minimum atomic E-state index is -0.760. The van der Waals surface area contributed by atoms with Gasteiger partial charge in [0, 0.05) is 17.3 Å². The number of carbonyl (C=O) groups excluding carboxylic acids is 3. The Hall–Kier alpha value is -3.67. The van der Waals surface area contributed by atoms with Gasteiger partial charge >= 0.3 is 5.97 Å². The van der Waals surface area contributed by atoms with E-state index in [1.807, 2.05) is 80.6 Å². The van der Waals surface area contributed by atoms with E-state index in [4.69, 9.17) is 4.74 Å². The molecule has 0 radical (unpaired) electrons. The molecule has 6 heteroatoms. The van der Waals surface area contributed by atoms with Gasteiger partial charge in [-0.3, -0.25) is 9.59 Å². The highest BCUT2D eigenvalue weighted by Crippen LogP contribution is 2.18. The van der Waals surface area contributed by atoms with Gasteiger partial charge < -0.3 is 15.0 Å². The summed E-state index contributed by atoms with van der Waals surface area (Å²) in [5.41, 5.74) is 2.00. The Kier molecular flexibility index (Phi) is 11.6. The van der Waals surface area contributed by atoms with Crippen LogP contribution in [0, 0.1) is 11.8 Å².